The number of amidine groups is 1. The van der Waals surface area contributed by atoms with Crippen LogP contribution in [-0.4, -0.2) is 41.5 Å². The summed E-state index contributed by atoms with van der Waals surface area (Å²) in [6.07, 6.45) is -7.62. The summed E-state index contributed by atoms with van der Waals surface area (Å²) in [6, 6.07) is 7.37. The first-order chi connectivity index (χ1) is 16.7. The molecule has 8 nitrogen and oxygen atoms in total. The van der Waals surface area contributed by atoms with Gasteiger partial charge in [0, 0.05) is 11.8 Å². The first-order valence-corrected chi connectivity index (χ1v) is 11.5. The second-order valence-corrected chi connectivity index (χ2v) is 9.26. The molecule has 2 heterocycles. The van der Waals surface area contributed by atoms with E-state index >= 15 is 0 Å². The first kappa shape index (κ1) is 26.9. The Bertz CT molecular complexity index is 1360. The fourth-order valence-corrected chi connectivity index (χ4v) is 3.96. The largest absolute Gasteiger partial charge is 0.573 e. The fraction of sp³-hybridized carbons (Fsp3) is 0.190. The third kappa shape index (κ3) is 6.48. The molecule has 0 unspecified atom stereocenters. The highest BCUT2D eigenvalue weighted by atomic mass is 32.2. The maximum Gasteiger partial charge on any atom is 0.573 e. The van der Waals surface area contributed by atoms with Gasteiger partial charge < -0.3 is 4.74 Å². The number of hydrogen-bond acceptors (Lipinski definition) is 7. The SMILES string of the molecule is CCS(=O)(=O)c1cc(-c2ccc(OC(F)(F)F)cc2)cnc1C(=Nc1ccc(C(F)(F)F)nc1)NO. The van der Waals surface area contributed by atoms with Crippen LogP contribution in [0.4, 0.5) is 32.0 Å². The van der Waals surface area contributed by atoms with Crippen molar-refractivity contribution in [3.63, 3.8) is 0 Å². The second kappa shape index (κ2) is 10.1. The van der Waals surface area contributed by atoms with E-state index in [0.717, 1.165) is 24.4 Å². The number of ether oxygens (including phenoxy) is 1. The van der Waals surface area contributed by atoms with Gasteiger partial charge in [0.05, 0.1) is 22.5 Å². The number of alkyl halides is 6. The van der Waals surface area contributed by atoms with Crippen LogP contribution in [0.15, 0.2) is 64.7 Å². The smallest absolute Gasteiger partial charge is 0.406 e. The zero-order chi connectivity index (χ0) is 26.7. The maximum absolute atomic E-state index is 12.8. The quantitative estimate of drug-likeness (QED) is 0.200. The molecule has 192 valence electrons. The number of halogens is 6. The normalized spacial score (nSPS) is 12.9. The lowest BCUT2D eigenvalue weighted by atomic mass is 10.1. The van der Waals surface area contributed by atoms with Gasteiger partial charge in [-0.2, -0.15) is 13.2 Å². The zero-order valence-electron chi connectivity index (χ0n) is 18.1. The highest BCUT2D eigenvalue weighted by Gasteiger charge is 2.32. The van der Waals surface area contributed by atoms with E-state index in [9.17, 15) is 40.0 Å². The Labute approximate surface area is 200 Å². The highest BCUT2D eigenvalue weighted by molar-refractivity contribution is 7.91. The topological polar surface area (TPSA) is 114 Å². The lowest BCUT2D eigenvalue weighted by Gasteiger charge is -2.13. The van der Waals surface area contributed by atoms with Gasteiger partial charge in [0.2, 0.25) is 0 Å². The van der Waals surface area contributed by atoms with Gasteiger partial charge in [-0.15, -0.1) is 13.2 Å². The summed E-state index contributed by atoms with van der Waals surface area (Å²) < 4.78 is 105. The summed E-state index contributed by atoms with van der Waals surface area (Å²) >= 11 is 0. The number of aromatic nitrogens is 2. The predicted octanol–water partition coefficient (Wildman–Crippen LogP) is 4.91. The number of aliphatic imine (C=N–C) groups is 1. The molecular weight excluding hydrogens is 518 g/mol. The molecule has 0 fully saturated rings. The summed E-state index contributed by atoms with van der Waals surface area (Å²) in [6.45, 7) is 1.35. The molecule has 3 aromatic rings. The number of hydroxylamine groups is 1. The summed E-state index contributed by atoms with van der Waals surface area (Å²) in [7, 11) is -4.00. The van der Waals surface area contributed by atoms with E-state index in [0.29, 0.717) is 11.6 Å². The fourth-order valence-electron chi connectivity index (χ4n) is 2.90. The van der Waals surface area contributed by atoms with Gasteiger partial charge in [-0.3, -0.25) is 15.7 Å². The molecule has 0 amide bonds. The van der Waals surface area contributed by atoms with Crippen LogP contribution in [0, 0.1) is 0 Å². The molecule has 0 atom stereocenters. The van der Waals surface area contributed by atoms with E-state index < -0.39 is 44.6 Å². The second-order valence-electron chi connectivity index (χ2n) is 7.02. The zero-order valence-corrected chi connectivity index (χ0v) is 18.9. The Morgan fingerprint density at radius 3 is 2.17 bits per heavy atom. The van der Waals surface area contributed by atoms with Gasteiger partial charge in [-0.25, -0.2) is 18.4 Å². The van der Waals surface area contributed by atoms with Gasteiger partial charge in [0.25, 0.3) is 0 Å². The molecule has 0 radical (unpaired) electrons. The van der Waals surface area contributed by atoms with Crippen molar-refractivity contribution in [3.05, 3.63) is 66.2 Å². The number of pyridine rings is 2. The van der Waals surface area contributed by atoms with Crippen molar-refractivity contribution in [2.45, 2.75) is 24.4 Å². The van der Waals surface area contributed by atoms with E-state index in [1.165, 1.54) is 31.3 Å². The van der Waals surface area contributed by atoms with Gasteiger partial charge in [-0.05, 0) is 35.9 Å². The monoisotopic (exact) mass is 534 g/mol. The number of benzene rings is 1. The molecule has 0 aliphatic heterocycles. The highest BCUT2D eigenvalue weighted by Crippen LogP contribution is 2.30. The Kier molecular flexibility index (Phi) is 7.54. The van der Waals surface area contributed by atoms with Crippen molar-refractivity contribution in [2.75, 3.05) is 5.75 Å². The Morgan fingerprint density at radius 2 is 1.67 bits per heavy atom. The third-order valence-electron chi connectivity index (χ3n) is 4.60. The lowest BCUT2D eigenvalue weighted by molar-refractivity contribution is -0.274. The van der Waals surface area contributed by atoms with Crippen molar-refractivity contribution in [3.8, 4) is 16.9 Å². The average Bonchev–Trinajstić information content (AvgIpc) is 2.81. The van der Waals surface area contributed by atoms with Crippen LogP contribution >= 0.6 is 0 Å². The molecule has 2 aromatic heterocycles. The summed E-state index contributed by atoms with van der Waals surface area (Å²) in [5.74, 6) is -1.37. The molecule has 2 N–H and O–H groups in total. The molecule has 0 saturated carbocycles. The molecule has 36 heavy (non-hydrogen) atoms. The maximum atomic E-state index is 12.8. The average molecular weight is 534 g/mol. The van der Waals surface area contributed by atoms with Crippen LogP contribution in [-0.2, 0) is 16.0 Å². The van der Waals surface area contributed by atoms with Crippen LogP contribution in [0.5, 0.6) is 5.75 Å². The van der Waals surface area contributed by atoms with E-state index in [1.54, 1.807) is 5.48 Å². The van der Waals surface area contributed by atoms with E-state index in [4.69, 9.17) is 0 Å². The van der Waals surface area contributed by atoms with Crippen molar-refractivity contribution in [2.24, 2.45) is 4.99 Å². The summed E-state index contributed by atoms with van der Waals surface area (Å²) in [4.78, 5) is 10.8. The minimum atomic E-state index is -4.89. The standard InChI is InChI=1S/C21H16F6N4O4S/c1-2-36(33,34)16-9-13(12-3-6-15(7-4-12)35-21(25,26)27)10-29-18(16)19(31-32)30-14-5-8-17(28-11-14)20(22,23)24/h3-11,32H,2H2,1H3,(H,30,31). The van der Waals surface area contributed by atoms with Crippen molar-refractivity contribution < 1.29 is 44.7 Å². The Hall–Kier alpha value is -3.72. The molecule has 1 aromatic carbocycles. The van der Waals surface area contributed by atoms with Crippen LogP contribution in [0.2, 0.25) is 0 Å². The first-order valence-electron chi connectivity index (χ1n) is 9.85. The number of hydrogen-bond donors (Lipinski definition) is 2. The number of nitrogens with one attached hydrogen (secondary N) is 1. The molecule has 0 saturated heterocycles. The number of sulfone groups is 1. The van der Waals surface area contributed by atoms with Gasteiger partial charge in [0.15, 0.2) is 15.7 Å². The minimum Gasteiger partial charge on any atom is -0.406 e. The number of rotatable bonds is 6. The molecule has 15 heteroatoms. The Balaban J connectivity index is 2.05. The van der Waals surface area contributed by atoms with Crippen molar-refractivity contribution >= 4 is 21.4 Å². The molecule has 3 rings (SSSR count). The van der Waals surface area contributed by atoms with Crippen molar-refractivity contribution in [1.82, 2.24) is 15.4 Å². The van der Waals surface area contributed by atoms with Gasteiger partial charge in [-0.1, -0.05) is 19.1 Å². The van der Waals surface area contributed by atoms with Crippen LogP contribution in [0.1, 0.15) is 18.3 Å². The molecule has 0 aliphatic carbocycles. The Morgan fingerprint density at radius 1 is 1.00 bits per heavy atom. The molecule has 0 aliphatic rings. The molecule has 0 spiro atoms. The van der Waals surface area contributed by atoms with E-state index in [-0.39, 0.29) is 22.7 Å². The van der Waals surface area contributed by atoms with Gasteiger partial charge >= 0.3 is 12.5 Å². The summed E-state index contributed by atoms with van der Waals surface area (Å²) in [5.41, 5.74) is 0.525. The van der Waals surface area contributed by atoms with E-state index in [2.05, 4.69) is 19.7 Å². The van der Waals surface area contributed by atoms with Gasteiger partial charge in [0.1, 0.15) is 17.1 Å². The van der Waals surface area contributed by atoms with Crippen molar-refractivity contribution in [1.29, 1.82) is 0 Å². The molecule has 0 bridgehead atoms. The number of nitrogens with zero attached hydrogens (tertiary/aromatic N) is 3. The van der Waals surface area contributed by atoms with Crippen LogP contribution in [0.25, 0.3) is 11.1 Å². The molecular formula is C21H16F6N4O4S. The van der Waals surface area contributed by atoms with Crippen LogP contribution < -0.4 is 10.2 Å². The van der Waals surface area contributed by atoms with Crippen LogP contribution in [0.3, 0.4) is 0 Å². The minimum absolute atomic E-state index is 0.148. The lowest BCUT2D eigenvalue weighted by Crippen LogP contribution is -2.24. The predicted molar refractivity (Wildman–Crippen MR) is 114 cm³/mol. The summed E-state index contributed by atoms with van der Waals surface area (Å²) in [5, 5.41) is 9.58. The van der Waals surface area contributed by atoms with E-state index in [1.807, 2.05) is 0 Å². The third-order valence-corrected chi connectivity index (χ3v) is 6.34.